The topological polar surface area (TPSA) is 143 Å². The lowest BCUT2D eigenvalue weighted by molar-refractivity contribution is 0.0695. The van der Waals surface area contributed by atoms with Crippen molar-refractivity contribution in [1.29, 1.82) is 0 Å². The van der Waals surface area contributed by atoms with Crippen molar-refractivity contribution >= 4 is 17.8 Å². The Balaban J connectivity index is 1.97. The summed E-state index contributed by atoms with van der Waals surface area (Å²) < 4.78 is 45.0. The number of rotatable bonds is 6. The molecule has 0 radical (unpaired) electrons. The second-order valence-corrected chi connectivity index (χ2v) is 6.26. The van der Waals surface area contributed by atoms with Gasteiger partial charge in [-0.25, -0.2) is 18.4 Å². The number of aromatic carboxylic acids is 2. The molecule has 8 nitrogen and oxygen atoms in total. The minimum Gasteiger partial charge on any atom is -0.486 e. The zero-order valence-electron chi connectivity index (χ0n) is 15.4. The van der Waals surface area contributed by atoms with E-state index in [1.54, 1.807) is 0 Å². The van der Waals surface area contributed by atoms with Crippen molar-refractivity contribution in [3.63, 3.8) is 0 Å². The van der Waals surface area contributed by atoms with E-state index in [0.717, 1.165) is 6.07 Å². The van der Waals surface area contributed by atoms with E-state index in [2.05, 4.69) is 0 Å². The number of pyridine rings is 1. The van der Waals surface area contributed by atoms with E-state index < -0.39 is 57.6 Å². The first-order valence-corrected chi connectivity index (χ1v) is 8.49. The van der Waals surface area contributed by atoms with Crippen LogP contribution in [0.4, 0.5) is 19.0 Å². The van der Waals surface area contributed by atoms with Crippen LogP contribution in [0.3, 0.4) is 0 Å². The summed E-state index contributed by atoms with van der Waals surface area (Å²) in [6, 6.07) is 7.03. The van der Waals surface area contributed by atoms with Gasteiger partial charge in [0.05, 0.1) is 0 Å². The van der Waals surface area contributed by atoms with Crippen LogP contribution < -0.4 is 16.0 Å². The largest absolute Gasteiger partial charge is 0.486 e. The molecular weight excluding hydrogens is 421 g/mol. The number of anilines is 1. The predicted octanol–water partition coefficient (Wildman–Crippen LogP) is 3.02. The van der Waals surface area contributed by atoms with Gasteiger partial charge in [0.25, 0.3) is 5.56 Å². The Labute approximate surface area is 171 Å². The monoisotopic (exact) mass is 434 g/mol. The molecule has 3 aromatic rings. The number of nitrogens with one attached hydrogen (secondary N) is 1. The maximum atomic E-state index is 13.7. The third kappa shape index (κ3) is 4.06. The molecule has 0 fully saturated rings. The number of hydrogen-bond donors (Lipinski definition) is 4. The molecule has 2 aromatic carbocycles. The number of carboxylic acids is 2. The summed E-state index contributed by atoms with van der Waals surface area (Å²) in [6.07, 6.45) is 0. The molecule has 160 valence electrons. The number of hydrogen-bond acceptors (Lipinski definition) is 5. The highest BCUT2D eigenvalue weighted by atomic mass is 19.2. The van der Waals surface area contributed by atoms with Gasteiger partial charge < -0.3 is 25.7 Å². The van der Waals surface area contributed by atoms with Gasteiger partial charge in [-0.1, -0.05) is 24.3 Å². The van der Waals surface area contributed by atoms with Crippen LogP contribution in [0, 0.1) is 17.5 Å². The van der Waals surface area contributed by atoms with Gasteiger partial charge in [0.15, 0.2) is 17.4 Å². The number of ether oxygens (including phenoxy) is 1. The van der Waals surface area contributed by atoms with Gasteiger partial charge in [0.1, 0.15) is 23.6 Å². The minimum atomic E-state index is -1.68. The first-order chi connectivity index (χ1) is 14.6. The highest BCUT2D eigenvalue weighted by Crippen LogP contribution is 2.30. The van der Waals surface area contributed by atoms with Crippen LogP contribution in [0.1, 0.15) is 26.3 Å². The van der Waals surface area contributed by atoms with Gasteiger partial charge in [-0.15, -0.1) is 0 Å². The van der Waals surface area contributed by atoms with E-state index in [1.165, 1.54) is 24.3 Å². The van der Waals surface area contributed by atoms with E-state index in [4.69, 9.17) is 10.5 Å². The molecule has 0 bridgehead atoms. The third-order valence-corrected chi connectivity index (χ3v) is 4.31. The Morgan fingerprint density at radius 1 is 0.935 bits per heavy atom. The highest BCUT2D eigenvalue weighted by Gasteiger charge is 2.26. The van der Waals surface area contributed by atoms with Gasteiger partial charge >= 0.3 is 11.9 Å². The van der Waals surface area contributed by atoms with Crippen LogP contribution in [0.5, 0.6) is 5.75 Å². The van der Waals surface area contributed by atoms with Crippen LogP contribution in [-0.2, 0) is 6.61 Å². The molecule has 0 saturated carbocycles. The van der Waals surface area contributed by atoms with E-state index in [9.17, 15) is 37.8 Å². The maximum absolute atomic E-state index is 13.7. The molecule has 0 atom stereocenters. The van der Waals surface area contributed by atoms with Gasteiger partial charge in [-0.05, 0) is 23.3 Å². The standard InChI is InChI=1S/C20H13F3N2O6/c21-10-5-6-11(16(23)15(10)22)31-7-8-1-3-9(4-2-8)12-13(19(27)28)17(24)25-18(26)14(12)20(29)30/h1-6H,7H2,(H,27,28)(H,29,30)(H3,24,25,26). The SMILES string of the molecule is Nc1[nH]c(=O)c(C(=O)O)c(-c2ccc(COc3ccc(F)c(F)c3F)cc2)c1C(=O)O. The molecule has 0 aliphatic rings. The maximum Gasteiger partial charge on any atom is 0.342 e. The van der Waals surface area contributed by atoms with Crippen molar-refractivity contribution in [2.24, 2.45) is 0 Å². The summed E-state index contributed by atoms with van der Waals surface area (Å²) in [6.45, 7) is -0.267. The highest BCUT2D eigenvalue weighted by molar-refractivity contribution is 6.07. The average Bonchev–Trinajstić information content (AvgIpc) is 2.70. The lowest BCUT2D eigenvalue weighted by Crippen LogP contribution is -2.24. The smallest absolute Gasteiger partial charge is 0.342 e. The van der Waals surface area contributed by atoms with Crippen molar-refractivity contribution < 1.29 is 37.7 Å². The zero-order chi connectivity index (χ0) is 22.9. The van der Waals surface area contributed by atoms with Crippen LogP contribution in [0.25, 0.3) is 11.1 Å². The normalized spacial score (nSPS) is 10.7. The molecule has 1 heterocycles. The summed E-state index contributed by atoms with van der Waals surface area (Å²) in [5, 5.41) is 18.8. The molecular formula is C20H13F3N2O6. The van der Waals surface area contributed by atoms with Crippen LogP contribution in [-0.4, -0.2) is 27.1 Å². The quantitative estimate of drug-likeness (QED) is 0.437. The number of aromatic nitrogens is 1. The van der Waals surface area contributed by atoms with Crippen molar-refractivity contribution in [1.82, 2.24) is 4.98 Å². The molecule has 0 spiro atoms. The van der Waals surface area contributed by atoms with Gasteiger partial charge in [-0.2, -0.15) is 4.39 Å². The van der Waals surface area contributed by atoms with Crippen LogP contribution in [0.2, 0.25) is 0 Å². The summed E-state index contributed by atoms with van der Waals surface area (Å²) in [7, 11) is 0. The minimum absolute atomic E-state index is 0.0651. The van der Waals surface area contributed by atoms with Crippen LogP contribution in [0.15, 0.2) is 41.2 Å². The number of halogens is 3. The van der Waals surface area contributed by atoms with Gasteiger partial charge in [-0.3, -0.25) is 4.79 Å². The molecule has 0 saturated heterocycles. The second kappa shape index (κ2) is 8.22. The Hall–Kier alpha value is -4.28. The molecule has 0 aliphatic carbocycles. The van der Waals surface area contributed by atoms with E-state index >= 15 is 0 Å². The van der Waals surface area contributed by atoms with E-state index in [0.29, 0.717) is 11.6 Å². The average molecular weight is 434 g/mol. The molecule has 0 unspecified atom stereocenters. The molecule has 0 aliphatic heterocycles. The molecule has 3 rings (SSSR count). The van der Waals surface area contributed by atoms with Crippen LogP contribution >= 0.6 is 0 Å². The fourth-order valence-corrected chi connectivity index (χ4v) is 2.88. The Morgan fingerprint density at radius 2 is 1.55 bits per heavy atom. The fraction of sp³-hybridized carbons (Fsp3) is 0.0500. The predicted molar refractivity (Wildman–Crippen MR) is 101 cm³/mol. The first-order valence-electron chi connectivity index (χ1n) is 8.49. The summed E-state index contributed by atoms with van der Waals surface area (Å²) in [5.74, 6) is -8.78. The van der Waals surface area contributed by atoms with E-state index in [-0.39, 0.29) is 17.7 Å². The number of carboxylic acid groups (broad SMARTS) is 2. The number of nitrogen functional groups attached to an aromatic ring is 1. The van der Waals surface area contributed by atoms with E-state index in [1.807, 2.05) is 4.98 Å². The summed E-state index contributed by atoms with van der Waals surface area (Å²) in [5.41, 5.74) is 3.17. The van der Waals surface area contributed by atoms with Crippen molar-refractivity contribution in [2.45, 2.75) is 6.61 Å². The first kappa shape index (κ1) is 21.4. The Morgan fingerprint density at radius 3 is 2.13 bits per heavy atom. The number of nitrogens with two attached hydrogens (primary N) is 1. The molecule has 31 heavy (non-hydrogen) atoms. The number of H-pyrrole nitrogens is 1. The van der Waals surface area contributed by atoms with Gasteiger partial charge in [0, 0.05) is 5.56 Å². The van der Waals surface area contributed by atoms with Crippen molar-refractivity contribution in [2.75, 3.05) is 5.73 Å². The number of carbonyl (C=O) groups is 2. The van der Waals surface area contributed by atoms with Crippen molar-refractivity contribution in [3.8, 4) is 16.9 Å². The number of aromatic amines is 1. The fourth-order valence-electron chi connectivity index (χ4n) is 2.88. The van der Waals surface area contributed by atoms with Crippen molar-refractivity contribution in [3.05, 3.63) is 80.9 Å². The second-order valence-electron chi connectivity index (χ2n) is 6.26. The number of benzene rings is 2. The Kier molecular flexibility index (Phi) is 5.68. The lowest BCUT2D eigenvalue weighted by atomic mass is 9.95. The molecule has 5 N–H and O–H groups in total. The summed E-state index contributed by atoms with van der Waals surface area (Å²) >= 11 is 0. The van der Waals surface area contributed by atoms with Gasteiger partial charge in [0.2, 0.25) is 5.82 Å². The summed E-state index contributed by atoms with van der Waals surface area (Å²) in [4.78, 5) is 37.2. The zero-order valence-corrected chi connectivity index (χ0v) is 15.4. The Bertz CT molecular complexity index is 1260. The lowest BCUT2D eigenvalue weighted by Gasteiger charge is -2.13. The molecule has 0 amide bonds. The third-order valence-electron chi connectivity index (χ3n) is 4.31. The molecule has 11 heteroatoms. The molecule has 1 aromatic heterocycles.